The van der Waals surface area contributed by atoms with Crippen LogP contribution in [0.2, 0.25) is 0 Å². The van der Waals surface area contributed by atoms with Gasteiger partial charge in [-0.1, -0.05) is 0 Å². The summed E-state index contributed by atoms with van der Waals surface area (Å²) in [5.41, 5.74) is 0. The van der Waals surface area contributed by atoms with E-state index < -0.39 is 21.7 Å². The third kappa shape index (κ3) is 7.01. The first-order valence-corrected chi connectivity index (χ1v) is 6.04. The Morgan fingerprint density at radius 1 is 1.25 bits per heavy atom. The van der Waals surface area contributed by atoms with E-state index in [1.807, 2.05) is 4.72 Å². The predicted octanol–water partition coefficient (Wildman–Crippen LogP) is -1.74. The first-order valence-electron chi connectivity index (χ1n) is 4.39. The van der Waals surface area contributed by atoms with Crippen molar-refractivity contribution in [3.8, 4) is 0 Å². The molecule has 2 amide bonds. The molecular formula is C7H15N3O5S. The van der Waals surface area contributed by atoms with Gasteiger partial charge in [-0.3, -0.25) is 4.79 Å². The second kappa shape index (κ2) is 6.28. The van der Waals surface area contributed by atoms with Gasteiger partial charge in [-0.25, -0.2) is 17.9 Å². The van der Waals surface area contributed by atoms with Crippen molar-refractivity contribution in [1.29, 1.82) is 0 Å². The van der Waals surface area contributed by atoms with Crippen LogP contribution in [0, 0.1) is 0 Å². The Labute approximate surface area is 93.7 Å². The molecule has 8 nitrogen and oxygen atoms in total. The molecule has 0 aliphatic rings. The largest absolute Gasteiger partial charge is 0.480 e. The number of carboxylic acids is 1. The number of carboxylic acid groups (broad SMARTS) is 1. The van der Waals surface area contributed by atoms with Gasteiger partial charge in [0.05, 0.1) is 0 Å². The highest BCUT2D eigenvalue weighted by molar-refractivity contribution is 7.90. The van der Waals surface area contributed by atoms with Crippen molar-refractivity contribution in [2.45, 2.75) is 0 Å². The smallest absolute Gasteiger partial charge is 0.320 e. The third-order valence-electron chi connectivity index (χ3n) is 1.44. The number of sulfonamides is 1. The highest BCUT2D eigenvalue weighted by Crippen LogP contribution is 1.83. The Balaban J connectivity index is 3.83. The molecule has 0 aromatic heterocycles. The van der Waals surface area contributed by atoms with Gasteiger partial charge < -0.3 is 15.3 Å². The molecule has 0 heterocycles. The average Bonchev–Trinajstić information content (AvgIpc) is 2.09. The van der Waals surface area contributed by atoms with Gasteiger partial charge in [-0.2, -0.15) is 0 Å². The number of hydrogen-bond acceptors (Lipinski definition) is 4. The van der Waals surface area contributed by atoms with Crippen LogP contribution in [0.5, 0.6) is 0 Å². The molecule has 0 aromatic rings. The molecule has 0 aromatic carbocycles. The summed E-state index contributed by atoms with van der Waals surface area (Å²) < 4.78 is 24.1. The summed E-state index contributed by atoms with van der Waals surface area (Å²) in [4.78, 5) is 22.4. The summed E-state index contributed by atoms with van der Waals surface area (Å²) >= 11 is 0. The van der Waals surface area contributed by atoms with Crippen LogP contribution in [-0.4, -0.2) is 63.4 Å². The summed E-state index contributed by atoms with van der Waals surface area (Å²) in [7, 11) is -0.722. The number of urea groups is 1. The van der Waals surface area contributed by atoms with Gasteiger partial charge in [0.25, 0.3) is 0 Å². The number of amides is 2. The minimum atomic E-state index is -3.81. The fourth-order valence-corrected chi connectivity index (χ4v) is 1.59. The van der Waals surface area contributed by atoms with Crippen LogP contribution < -0.4 is 10.0 Å². The van der Waals surface area contributed by atoms with Crippen molar-refractivity contribution < 1.29 is 23.1 Å². The molecule has 0 radical (unpaired) electrons. The Hall–Kier alpha value is -1.35. The minimum Gasteiger partial charge on any atom is -0.480 e. The lowest BCUT2D eigenvalue weighted by Crippen LogP contribution is -2.40. The van der Waals surface area contributed by atoms with Crippen LogP contribution in [0.1, 0.15) is 0 Å². The predicted molar refractivity (Wildman–Crippen MR) is 56.5 cm³/mol. The molecule has 94 valence electrons. The van der Waals surface area contributed by atoms with Gasteiger partial charge in [-0.15, -0.1) is 0 Å². The lowest BCUT2D eigenvalue weighted by molar-refractivity contribution is -0.134. The number of carbonyl (C=O) groups is 2. The van der Waals surface area contributed by atoms with E-state index in [0.29, 0.717) is 0 Å². The molecule has 0 spiro atoms. The average molecular weight is 253 g/mol. The van der Waals surface area contributed by atoms with E-state index in [4.69, 9.17) is 5.11 Å². The number of nitrogens with one attached hydrogen (secondary N) is 2. The van der Waals surface area contributed by atoms with Crippen molar-refractivity contribution >= 4 is 22.0 Å². The molecule has 3 N–H and O–H groups in total. The first kappa shape index (κ1) is 14.6. The van der Waals surface area contributed by atoms with Crippen molar-refractivity contribution in [2.24, 2.45) is 0 Å². The molecule has 0 bridgehead atoms. The lowest BCUT2D eigenvalue weighted by Gasteiger charge is -2.11. The van der Waals surface area contributed by atoms with Crippen LogP contribution in [-0.2, 0) is 14.8 Å². The number of aliphatic carboxylic acids is 1. The Bertz CT molecular complexity index is 351. The quantitative estimate of drug-likeness (QED) is 0.486. The van der Waals surface area contributed by atoms with E-state index >= 15 is 0 Å². The highest BCUT2D eigenvalue weighted by Gasteiger charge is 2.14. The number of carbonyl (C=O) groups excluding carboxylic acids is 1. The molecule has 0 fully saturated rings. The van der Waals surface area contributed by atoms with Gasteiger partial charge in [0.1, 0.15) is 0 Å². The minimum absolute atomic E-state index is 0.0464. The van der Waals surface area contributed by atoms with Crippen LogP contribution in [0.15, 0.2) is 0 Å². The first-order chi connectivity index (χ1) is 7.24. The normalized spacial score (nSPS) is 10.9. The number of rotatable bonds is 6. The molecule has 16 heavy (non-hydrogen) atoms. The molecule has 9 heteroatoms. The zero-order chi connectivity index (χ0) is 12.8. The van der Waals surface area contributed by atoms with E-state index in [1.54, 1.807) is 14.1 Å². The maximum Gasteiger partial charge on any atom is 0.320 e. The Morgan fingerprint density at radius 2 is 1.81 bits per heavy atom. The molecule has 0 saturated heterocycles. The van der Waals surface area contributed by atoms with E-state index in [1.165, 1.54) is 4.90 Å². The summed E-state index contributed by atoms with van der Waals surface area (Å²) in [5.74, 6) is -2.40. The second-order valence-electron chi connectivity index (χ2n) is 3.17. The maximum atomic E-state index is 11.0. The van der Waals surface area contributed by atoms with Crippen molar-refractivity contribution in [1.82, 2.24) is 14.9 Å². The Kier molecular flexibility index (Phi) is 5.75. The second-order valence-corrected chi connectivity index (χ2v) is 4.98. The summed E-state index contributed by atoms with van der Waals surface area (Å²) in [6.45, 7) is 0.0467. The van der Waals surface area contributed by atoms with E-state index in [-0.39, 0.29) is 19.1 Å². The zero-order valence-corrected chi connectivity index (χ0v) is 9.87. The van der Waals surface area contributed by atoms with Crippen molar-refractivity contribution in [2.75, 3.05) is 32.9 Å². The SMILES string of the molecule is CN(C)C(=O)NCCNS(=O)(=O)CC(=O)O. The van der Waals surface area contributed by atoms with Crippen molar-refractivity contribution in [3.05, 3.63) is 0 Å². The molecule has 0 aliphatic carbocycles. The van der Waals surface area contributed by atoms with Gasteiger partial charge >= 0.3 is 12.0 Å². The van der Waals surface area contributed by atoms with Gasteiger partial charge in [-0.05, 0) is 0 Å². The molecule has 0 rings (SSSR count). The fraction of sp³-hybridized carbons (Fsp3) is 0.714. The number of nitrogens with zero attached hydrogens (tertiary/aromatic N) is 1. The summed E-state index contributed by atoms with van der Waals surface area (Å²) in [6.07, 6.45) is 0. The standard InChI is InChI=1S/C7H15N3O5S/c1-10(2)7(13)8-3-4-9-16(14,15)5-6(11)12/h9H,3-5H2,1-2H3,(H,8,13)(H,11,12). The van der Waals surface area contributed by atoms with Gasteiger partial charge in [0, 0.05) is 27.2 Å². The van der Waals surface area contributed by atoms with Crippen LogP contribution in [0.3, 0.4) is 0 Å². The molecular weight excluding hydrogens is 238 g/mol. The van der Waals surface area contributed by atoms with E-state index in [0.717, 1.165) is 0 Å². The van der Waals surface area contributed by atoms with E-state index in [9.17, 15) is 18.0 Å². The third-order valence-corrected chi connectivity index (χ3v) is 2.71. The fourth-order valence-electron chi connectivity index (χ4n) is 0.748. The van der Waals surface area contributed by atoms with Gasteiger partial charge in [0.2, 0.25) is 10.0 Å². The van der Waals surface area contributed by atoms with E-state index in [2.05, 4.69) is 5.32 Å². The monoisotopic (exact) mass is 253 g/mol. The molecule has 0 aliphatic heterocycles. The summed E-state index contributed by atoms with van der Waals surface area (Å²) in [5, 5.41) is 10.7. The topological polar surface area (TPSA) is 116 Å². The molecule has 0 atom stereocenters. The van der Waals surface area contributed by atoms with Gasteiger partial charge in [0.15, 0.2) is 5.75 Å². The Morgan fingerprint density at radius 3 is 2.25 bits per heavy atom. The molecule has 0 saturated carbocycles. The highest BCUT2D eigenvalue weighted by atomic mass is 32.2. The number of hydrogen-bond donors (Lipinski definition) is 3. The zero-order valence-electron chi connectivity index (χ0n) is 9.06. The lowest BCUT2D eigenvalue weighted by atomic mass is 10.6. The van der Waals surface area contributed by atoms with Crippen LogP contribution in [0.25, 0.3) is 0 Å². The van der Waals surface area contributed by atoms with Crippen LogP contribution in [0.4, 0.5) is 4.79 Å². The van der Waals surface area contributed by atoms with Crippen molar-refractivity contribution in [3.63, 3.8) is 0 Å². The molecule has 0 unspecified atom stereocenters. The van der Waals surface area contributed by atoms with Crippen LogP contribution >= 0.6 is 0 Å². The maximum absolute atomic E-state index is 11.0. The summed E-state index contributed by atoms with van der Waals surface area (Å²) in [6, 6.07) is -0.350.